The van der Waals surface area contributed by atoms with E-state index in [2.05, 4.69) is 11.4 Å². The van der Waals surface area contributed by atoms with Gasteiger partial charge in [0.2, 0.25) is 5.91 Å². The SMILES string of the molecule is Cc1cc(C)cc(C(=O)N2CCCC(C(=O)NCc3ccccc3)C2)c1. The average molecular weight is 350 g/mol. The van der Waals surface area contributed by atoms with E-state index in [9.17, 15) is 9.59 Å². The van der Waals surface area contributed by atoms with Gasteiger partial charge in [-0.05, 0) is 44.4 Å². The van der Waals surface area contributed by atoms with Crippen LogP contribution in [-0.2, 0) is 11.3 Å². The zero-order valence-corrected chi connectivity index (χ0v) is 15.5. The summed E-state index contributed by atoms with van der Waals surface area (Å²) < 4.78 is 0. The van der Waals surface area contributed by atoms with Crippen LogP contribution in [0.2, 0.25) is 0 Å². The molecule has 0 aliphatic carbocycles. The number of carbonyl (C=O) groups is 2. The first-order valence-corrected chi connectivity index (χ1v) is 9.22. The number of aryl methyl sites for hydroxylation is 2. The van der Waals surface area contributed by atoms with E-state index in [1.54, 1.807) is 0 Å². The number of nitrogens with zero attached hydrogens (tertiary/aromatic N) is 1. The maximum absolute atomic E-state index is 12.8. The van der Waals surface area contributed by atoms with Crippen LogP contribution in [0.5, 0.6) is 0 Å². The highest BCUT2D eigenvalue weighted by Crippen LogP contribution is 2.20. The van der Waals surface area contributed by atoms with Crippen molar-refractivity contribution in [2.75, 3.05) is 13.1 Å². The lowest BCUT2D eigenvalue weighted by atomic mass is 9.96. The van der Waals surface area contributed by atoms with Crippen LogP contribution in [0.3, 0.4) is 0 Å². The van der Waals surface area contributed by atoms with Crippen LogP contribution in [0, 0.1) is 19.8 Å². The second-order valence-electron chi connectivity index (χ2n) is 7.17. The number of hydrogen-bond acceptors (Lipinski definition) is 2. The molecule has 2 amide bonds. The third-order valence-corrected chi connectivity index (χ3v) is 4.86. The summed E-state index contributed by atoms with van der Waals surface area (Å²) in [7, 11) is 0. The summed E-state index contributed by atoms with van der Waals surface area (Å²) in [6, 6.07) is 15.8. The van der Waals surface area contributed by atoms with Gasteiger partial charge >= 0.3 is 0 Å². The molecule has 1 unspecified atom stereocenters. The highest BCUT2D eigenvalue weighted by Gasteiger charge is 2.28. The molecule has 4 nitrogen and oxygen atoms in total. The van der Waals surface area contributed by atoms with Crippen LogP contribution in [0.1, 0.15) is 39.9 Å². The predicted molar refractivity (Wildman–Crippen MR) is 103 cm³/mol. The molecule has 1 heterocycles. The van der Waals surface area contributed by atoms with E-state index < -0.39 is 0 Å². The number of hydrogen-bond donors (Lipinski definition) is 1. The summed E-state index contributed by atoms with van der Waals surface area (Å²) in [5.41, 5.74) is 3.97. The van der Waals surface area contributed by atoms with Gasteiger partial charge in [-0.3, -0.25) is 9.59 Å². The van der Waals surface area contributed by atoms with Gasteiger partial charge in [-0.25, -0.2) is 0 Å². The third kappa shape index (κ3) is 4.51. The van der Waals surface area contributed by atoms with Crippen molar-refractivity contribution < 1.29 is 9.59 Å². The molecule has 0 radical (unpaired) electrons. The monoisotopic (exact) mass is 350 g/mol. The Labute approximate surface area is 155 Å². The standard InChI is InChI=1S/C22H26N2O2/c1-16-11-17(2)13-20(12-16)22(26)24-10-6-9-19(15-24)21(25)23-14-18-7-4-3-5-8-18/h3-5,7-8,11-13,19H,6,9-10,14-15H2,1-2H3,(H,23,25). The number of likely N-dealkylation sites (tertiary alicyclic amines) is 1. The molecule has 0 spiro atoms. The molecular weight excluding hydrogens is 324 g/mol. The van der Waals surface area contributed by atoms with Gasteiger partial charge in [0.1, 0.15) is 0 Å². The summed E-state index contributed by atoms with van der Waals surface area (Å²) in [4.78, 5) is 27.2. The van der Waals surface area contributed by atoms with E-state index >= 15 is 0 Å². The molecule has 1 aliphatic heterocycles. The summed E-state index contributed by atoms with van der Waals surface area (Å²) in [6.45, 7) is 5.74. The second-order valence-corrected chi connectivity index (χ2v) is 7.17. The minimum absolute atomic E-state index is 0.0253. The highest BCUT2D eigenvalue weighted by molar-refractivity contribution is 5.95. The molecule has 4 heteroatoms. The van der Waals surface area contributed by atoms with Crippen molar-refractivity contribution in [1.82, 2.24) is 10.2 Å². The topological polar surface area (TPSA) is 49.4 Å². The van der Waals surface area contributed by atoms with Crippen LogP contribution in [0.25, 0.3) is 0 Å². The molecule has 2 aromatic rings. The minimum atomic E-state index is -0.137. The van der Waals surface area contributed by atoms with Crippen LogP contribution < -0.4 is 5.32 Å². The molecule has 3 rings (SSSR count). The Balaban J connectivity index is 1.61. The van der Waals surface area contributed by atoms with Gasteiger partial charge in [-0.15, -0.1) is 0 Å². The Bertz CT molecular complexity index is 766. The molecule has 0 aromatic heterocycles. The van der Waals surface area contributed by atoms with Crippen LogP contribution in [0.4, 0.5) is 0 Å². The molecule has 0 saturated carbocycles. The lowest BCUT2D eigenvalue weighted by molar-refractivity contribution is -0.126. The van der Waals surface area contributed by atoms with Crippen molar-refractivity contribution in [2.45, 2.75) is 33.2 Å². The van der Waals surface area contributed by atoms with Gasteiger partial charge < -0.3 is 10.2 Å². The number of rotatable bonds is 4. The fourth-order valence-corrected chi connectivity index (χ4v) is 3.59. The molecule has 1 fully saturated rings. The summed E-state index contributed by atoms with van der Waals surface area (Å²) in [5.74, 6) is -0.0774. The third-order valence-electron chi connectivity index (χ3n) is 4.86. The summed E-state index contributed by atoms with van der Waals surface area (Å²) in [5, 5.41) is 3.01. The minimum Gasteiger partial charge on any atom is -0.352 e. The first kappa shape index (κ1) is 18.2. The summed E-state index contributed by atoms with van der Waals surface area (Å²) in [6.07, 6.45) is 1.69. The fraction of sp³-hybridized carbons (Fsp3) is 0.364. The van der Waals surface area contributed by atoms with Crippen molar-refractivity contribution in [3.8, 4) is 0 Å². The van der Waals surface area contributed by atoms with Crippen molar-refractivity contribution in [3.05, 3.63) is 70.8 Å². The molecule has 1 saturated heterocycles. The van der Waals surface area contributed by atoms with Gasteiger partial charge in [-0.1, -0.05) is 47.5 Å². The number of benzene rings is 2. The number of amides is 2. The first-order chi connectivity index (χ1) is 12.5. The molecule has 0 bridgehead atoms. The van der Waals surface area contributed by atoms with Gasteiger partial charge in [0.25, 0.3) is 5.91 Å². The second kappa shape index (κ2) is 8.17. The fourth-order valence-electron chi connectivity index (χ4n) is 3.59. The molecule has 136 valence electrons. The van der Waals surface area contributed by atoms with Crippen molar-refractivity contribution >= 4 is 11.8 Å². The Kier molecular flexibility index (Phi) is 5.71. The van der Waals surface area contributed by atoms with E-state index in [1.807, 2.05) is 61.2 Å². The van der Waals surface area contributed by atoms with Gasteiger partial charge in [0.05, 0.1) is 5.92 Å². The predicted octanol–water partition coefficient (Wildman–Crippen LogP) is 3.47. The molecular formula is C22H26N2O2. The Hall–Kier alpha value is -2.62. The largest absolute Gasteiger partial charge is 0.352 e. The highest BCUT2D eigenvalue weighted by atomic mass is 16.2. The van der Waals surface area contributed by atoms with Gasteiger partial charge in [0.15, 0.2) is 0 Å². The Morgan fingerprint density at radius 2 is 1.77 bits per heavy atom. The van der Waals surface area contributed by atoms with Crippen molar-refractivity contribution in [2.24, 2.45) is 5.92 Å². The summed E-state index contributed by atoms with van der Waals surface area (Å²) >= 11 is 0. The molecule has 1 N–H and O–H groups in total. The zero-order valence-electron chi connectivity index (χ0n) is 15.5. The van der Waals surface area contributed by atoms with Crippen LogP contribution in [0.15, 0.2) is 48.5 Å². The lowest BCUT2D eigenvalue weighted by Crippen LogP contribution is -2.45. The van der Waals surface area contributed by atoms with E-state index in [-0.39, 0.29) is 17.7 Å². The van der Waals surface area contributed by atoms with Crippen molar-refractivity contribution in [3.63, 3.8) is 0 Å². The molecule has 2 aromatic carbocycles. The van der Waals surface area contributed by atoms with Crippen LogP contribution >= 0.6 is 0 Å². The number of piperidine rings is 1. The molecule has 1 aliphatic rings. The van der Waals surface area contributed by atoms with Crippen LogP contribution in [-0.4, -0.2) is 29.8 Å². The Morgan fingerprint density at radius 1 is 1.08 bits per heavy atom. The first-order valence-electron chi connectivity index (χ1n) is 9.22. The zero-order chi connectivity index (χ0) is 18.5. The normalized spacial score (nSPS) is 17.0. The maximum Gasteiger partial charge on any atom is 0.253 e. The maximum atomic E-state index is 12.8. The van der Waals surface area contributed by atoms with E-state index in [0.717, 1.165) is 29.5 Å². The van der Waals surface area contributed by atoms with Gasteiger partial charge in [0, 0.05) is 25.2 Å². The molecule has 1 atom stereocenters. The van der Waals surface area contributed by atoms with E-state index in [1.165, 1.54) is 0 Å². The van der Waals surface area contributed by atoms with E-state index in [4.69, 9.17) is 0 Å². The number of nitrogens with one attached hydrogen (secondary N) is 1. The lowest BCUT2D eigenvalue weighted by Gasteiger charge is -2.32. The quantitative estimate of drug-likeness (QED) is 0.918. The van der Waals surface area contributed by atoms with Gasteiger partial charge in [-0.2, -0.15) is 0 Å². The average Bonchev–Trinajstić information content (AvgIpc) is 2.65. The number of carbonyl (C=O) groups excluding carboxylic acids is 2. The molecule has 26 heavy (non-hydrogen) atoms. The Morgan fingerprint density at radius 3 is 2.46 bits per heavy atom. The van der Waals surface area contributed by atoms with E-state index in [0.29, 0.717) is 25.2 Å². The smallest absolute Gasteiger partial charge is 0.253 e. The van der Waals surface area contributed by atoms with Crippen molar-refractivity contribution in [1.29, 1.82) is 0 Å².